The second-order valence-electron chi connectivity index (χ2n) is 4.43. The van der Waals surface area contributed by atoms with Gasteiger partial charge in [0, 0.05) is 22.7 Å². The Labute approximate surface area is 121 Å². The molecule has 0 aliphatic carbocycles. The maximum absolute atomic E-state index is 13.9. The van der Waals surface area contributed by atoms with Crippen molar-refractivity contribution in [3.63, 3.8) is 0 Å². The molecule has 0 aliphatic heterocycles. The van der Waals surface area contributed by atoms with Crippen molar-refractivity contribution in [2.75, 3.05) is 7.11 Å². The fourth-order valence-corrected chi connectivity index (χ4v) is 2.18. The van der Waals surface area contributed by atoms with Crippen LogP contribution in [0.1, 0.15) is 17.2 Å². The molecule has 5 heteroatoms. The molecule has 0 bridgehead atoms. The summed E-state index contributed by atoms with van der Waals surface area (Å²) < 4.78 is 32.0. The van der Waals surface area contributed by atoms with Crippen LogP contribution in [0.4, 0.5) is 8.78 Å². The zero-order valence-electron chi connectivity index (χ0n) is 10.9. The Bertz CT molecular complexity index is 619. The third-order valence-electron chi connectivity index (χ3n) is 3.05. The molecule has 0 heterocycles. The number of hydrogen-bond acceptors (Lipinski definition) is 2. The fraction of sp³-hybridized carbons (Fsp3) is 0.200. The molecule has 1 unspecified atom stereocenters. The van der Waals surface area contributed by atoms with Gasteiger partial charge in [0.15, 0.2) is 0 Å². The minimum atomic E-state index is -0.611. The second-order valence-corrected chi connectivity index (χ2v) is 4.84. The molecule has 0 radical (unpaired) electrons. The number of halogens is 3. The molecular formula is C15H14ClF2NO. The number of hydrogen-bond donors (Lipinski definition) is 1. The zero-order valence-corrected chi connectivity index (χ0v) is 11.6. The van der Waals surface area contributed by atoms with Crippen molar-refractivity contribution in [3.05, 3.63) is 64.2 Å². The van der Waals surface area contributed by atoms with Gasteiger partial charge in [-0.15, -0.1) is 0 Å². The SMILES string of the molecule is COc1ccc(C(N)Cc2cc(F)ccc2Cl)c(F)c1. The Morgan fingerprint density at radius 1 is 1.20 bits per heavy atom. The van der Waals surface area contributed by atoms with Crippen molar-refractivity contribution in [2.24, 2.45) is 5.73 Å². The van der Waals surface area contributed by atoms with Gasteiger partial charge in [0.2, 0.25) is 0 Å². The Morgan fingerprint density at radius 3 is 2.60 bits per heavy atom. The lowest BCUT2D eigenvalue weighted by molar-refractivity contribution is 0.410. The molecule has 0 aromatic heterocycles. The van der Waals surface area contributed by atoms with E-state index in [1.165, 1.54) is 31.4 Å². The molecule has 1 atom stereocenters. The van der Waals surface area contributed by atoms with Crippen LogP contribution in [-0.4, -0.2) is 7.11 Å². The van der Waals surface area contributed by atoms with E-state index in [1.54, 1.807) is 12.1 Å². The standard InChI is InChI=1S/C15H14ClF2NO/c1-20-11-3-4-12(14(18)8-11)15(19)7-9-6-10(17)2-5-13(9)16/h2-6,8,15H,7,19H2,1H3. The molecule has 2 N–H and O–H groups in total. The molecule has 0 amide bonds. The van der Waals surface area contributed by atoms with Crippen LogP contribution in [0.25, 0.3) is 0 Å². The first-order valence-corrected chi connectivity index (χ1v) is 6.42. The van der Waals surface area contributed by atoms with Crippen molar-refractivity contribution in [2.45, 2.75) is 12.5 Å². The molecule has 2 rings (SSSR count). The highest BCUT2D eigenvalue weighted by Crippen LogP contribution is 2.26. The molecule has 0 saturated heterocycles. The van der Waals surface area contributed by atoms with Crippen LogP contribution in [-0.2, 0) is 6.42 Å². The van der Waals surface area contributed by atoms with E-state index in [0.717, 1.165) is 0 Å². The number of ether oxygens (including phenoxy) is 1. The second kappa shape index (κ2) is 6.20. The highest BCUT2D eigenvalue weighted by Gasteiger charge is 2.15. The number of nitrogens with two attached hydrogens (primary N) is 1. The molecule has 106 valence electrons. The molecule has 2 aromatic carbocycles. The molecule has 2 aromatic rings. The molecule has 0 spiro atoms. The highest BCUT2D eigenvalue weighted by atomic mass is 35.5. The van der Waals surface area contributed by atoms with Gasteiger partial charge in [0.25, 0.3) is 0 Å². The smallest absolute Gasteiger partial charge is 0.131 e. The summed E-state index contributed by atoms with van der Waals surface area (Å²) in [5.41, 5.74) is 6.87. The first kappa shape index (κ1) is 14.8. The minimum absolute atomic E-state index is 0.250. The monoisotopic (exact) mass is 297 g/mol. The topological polar surface area (TPSA) is 35.2 Å². The molecule has 0 fully saturated rings. The minimum Gasteiger partial charge on any atom is -0.497 e. The van der Waals surface area contributed by atoms with E-state index in [-0.39, 0.29) is 6.42 Å². The molecular weight excluding hydrogens is 284 g/mol. The van der Waals surface area contributed by atoms with Crippen LogP contribution in [0.3, 0.4) is 0 Å². The summed E-state index contributed by atoms with van der Waals surface area (Å²) in [7, 11) is 1.46. The first-order valence-electron chi connectivity index (χ1n) is 6.04. The maximum Gasteiger partial charge on any atom is 0.131 e. The summed E-state index contributed by atoms with van der Waals surface area (Å²) in [6.07, 6.45) is 0.250. The van der Waals surface area contributed by atoms with Gasteiger partial charge in [-0.05, 0) is 36.2 Å². The van der Waals surface area contributed by atoms with Crippen LogP contribution in [0.2, 0.25) is 5.02 Å². The van der Waals surface area contributed by atoms with Gasteiger partial charge >= 0.3 is 0 Å². The molecule has 0 saturated carbocycles. The molecule has 2 nitrogen and oxygen atoms in total. The van der Waals surface area contributed by atoms with Crippen LogP contribution in [0, 0.1) is 11.6 Å². The lowest BCUT2D eigenvalue weighted by Crippen LogP contribution is -2.15. The van der Waals surface area contributed by atoms with E-state index in [0.29, 0.717) is 21.9 Å². The van der Waals surface area contributed by atoms with Crippen LogP contribution in [0.15, 0.2) is 36.4 Å². The van der Waals surface area contributed by atoms with Gasteiger partial charge in [-0.3, -0.25) is 0 Å². The summed E-state index contributed by atoms with van der Waals surface area (Å²) in [6, 6.07) is 7.89. The average Bonchev–Trinajstić information content (AvgIpc) is 2.42. The van der Waals surface area contributed by atoms with Crippen molar-refractivity contribution in [3.8, 4) is 5.75 Å². The average molecular weight is 298 g/mol. The van der Waals surface area contributed by atoms with Gasteiger partial charge in [-0.1, -0.05) is 17.7 Å². The number of methoxy groups -OCH3 is 1. The Kier molecular flexibility index (Phi) is 4.57. The fourth-order valence-electron chi connectivity index (χ4n) is 1.98. The van der Waals surface area contributed by atoms with E-state index in [4.69, 9.17) is 22.1 Å². The van der Waals surface area contributed by atoms with Gasteiger partial charge < -0.3 is 10.5 Å². The Morgan fingerprint density at radius 2 is 1.95 bits per heavy atom. The maximum atomic E-state index is 13.9. The van der Waals surface area contributed by atoms with E-state index in [1.807, 2.05) is 0 Å². The van der Waals surface area contributed by atoms with E-state index in [2.05, 4.69) is 0 Å². The lowest BCUT2D eigenvalue weighted by Gasteiger charge is -2.15. The van der Waals surface area contributed by atoms with Gasteiger partial charge in [-0.25, -0.2) is 8.78 Å². The van der Waals surface area contributed by atoms with Crippen LogP contribution >= 0.6 is 11.6 Å². The van der Waals surface area contributed by atoms with Gasteiger partial charge in [0.1, 0.15) is 17.4 Å². The third-order valence-corrected chi connectivity index (χ3v) is 3.42. The van der Waals surface area contributed by atoms with Crippen molar-refractivity contribution >= 4 is 11.6 Å². The quantitative estimate of drug-likeness (QED) is 0.930. The zero-order chi connectivity index (χ0) is 14.7. The molecule has 20 heavy (non-hydrogen) atoms. The number of benzene rings is 2. The van der Waals surface area contributed by atoms with Gasteiger partial charge in [0.05, 0.1) is 7.11 Å². The predicted octanol–water partition coefficient (Wildman–Crippen LogP) is 3.87. The van der Waals surface area contributed by atoms with Gasteiger partial charge in [-0.2, -0.15) is 0 Å². The Hall–Kier alpha value is -1.65. The van der Waals surface area contributed by atoms with Crippen molar-refractivity contribution in [1.82, 2.24) is 0 Å². The van der Waals surface area contributed by atoms with Crippen LogP contribution in [0.5, 0.6) is 5.75 Å². The largest absolute Gasteiger partial charge is 0.497 e. The van der Waals surface area contributed by atoms with Crippen LogP contribution < -0.4 is 10.5 Å². The summed E-state index contributed by atoms with van der Waals surface area (Å²) in [4.78, 5) is 0. The first-order chi connectivity index (χ1) is 9.51. The summed E-state index contributed by atoms with van der Waals surface area (Å²) in [5, 5.41) is 0.413. The third kappa shape index (κ3) is 3.26. The summed E-state index contributed by atoms with van der Waals surface area (Å²) >= 11 is 5.98. The summed E-state index contributed by atoms with van der Waals surface area (Å²) in [5.74, 6) is -0.432. The normalized spacial score (nSPS) is 12.2. The molecule has 0 aliphatic rings. The van der Waals surface area contributed by atoms with E-state index in [9.17, 15) is 8.78 Å². The number of rotatable bonds is 4. The van der Waals surface area contributed by atoms with Crippen molar-refractivity contribution < 1.29 is 13.5 Å². The van der Waals surface area contributed by atoms with E-state index >= 15 is 0 Å². The predicted molar refractivity (Wildman–Crippen MR) is 75.0 cm³/mol. The summed E-state index contributed by atoms with van der Waals surface area (Å²) in [6.45, 7) is 0. The van der Waals surface area contributed by atoms with E-state index < -0.39 is 17.7 Å². The highest BCUT2D eigenvalue weighted by molar-refractivity contribution is 6.31. The Balaban J connectivity index is 2.23. The van der Waals surface area contributed by atoms with Crippen molar-refractivity contribution in [1.29, 1.82) is 0 Å². The lowest BCUT2D eigenvalue weighted by atomic mass is 9.99.